The standard InChI is InChI=1S/C20H22ClNO5/c1-20(2,3)27-19(25)22-8-9-26-15-11-13(10-14(12-15)18(23)24)16-6-4-5-7-17(16)21/h4-7,10-12H,8-9H2,1-3H3,(H,22,25)(H,23,24). The Morgan fingerprint density at radius 2 is 1.85 bits per heavy atom. The van der Waals surface area contributed by atoms with Gasteiger partial charge in [0.1, 0.15) is 18.0 Å². The minimum atomic E-state index is -1.07. The topological polar surface area (TPSA) is 84.9 Å². The number of carbonyl (C=O) groups excluding carboxylic acids is 1. The van der Waals surface area contributed by atoms with E-state index in [1.807, 2.05) is 6.07 Å². The zero-order valence-corrected chi connectivity index (χ0v) is 16.2. The third-order valence-corrected chi connectivity index (χ3v) is 3.71. The van der Waals surface area contributed by atoms with Crippen LogP contribution in [0.25, 0.3) is 11.1 Å². The number of hydrogen-bond donors (Lipinski definition) is 2. The lowest BCUT2D eigenvalue weighted by Crippen LogP contribution is -2.34. The molecule has 2 aromatic carbocycles. The zero-order valence-electron chi connectivity index (χ0n) is 15.4. The van der Waals surface area contributed by atoms with Crippen LogP contribution in [0, 0.1) is 0 Å². The fourth-order valence-corrected chi connectivity index (χ4v) is 2.54. The second-order valence-corrected chi connectivity index (χ2v) is 7.22. The lowest BCUT2D eigenvalue weighted by atomic mass is 10.0. The number of carboxylic acid groups (broad SMARTS) is 1. The van der Waals surface area contributed by atoms with Crippen molar-refractivity contribution in [3.8, 4) is 16.9 Å². The Morgan fingerprint density at radius 1 is 1.15 bits per heavy atom. The molecule has 7 heteroatoms. The molecule has 0 aliphatic rings. The van der Waals surface area contributed by atoms with Crippen LogP contribution in [-0.4, -0.2) is 35.9 Å². The molecule has 2 rings (SSSR count). The number of hydrogen-bond acceptors (Lipinski definition) is 4. The van der Waals surface area contributed by atoms with E-state index < -0.39 is 17.7 Å². The van der Waals surface area contributed by atoms with Gasteiger partial charge in [0.05, 0.1) is 12.1 Å². The van der Waals surface area contributed by atoms with Crippen LogP contribution in [0.5, 0.6) is 5.75 Å². The van der Waals surface area contributed by atoms with Gasteiger partial charge < -0.3 is 19.9 Å². The molecule has 0 radical (unpaired) electrons. The van der Waals surface area contributed by atoms with Crippen molar-refractivity contribution in [2.75, 3.05) is 13.2 Å². The van der Waals surface area contributed by atoms with Crippen molar-refractivity contribution < 1.29 is 24.2 Å². The molecule has 6 nitrogen and oxygen atoms in total. The molecule has 0 heterocycles. The summed E-state index contributed by atoms with van der Waals surface area (Å²) in [5, 5.41) is 12.4. The Kier molecular flexibility index (Phi) is 6.69. The highest BCUT2D eigenvalue weighted by Crippen LogP contribution is 2.31. The Labute approximate surface area is 163 Å². The van der Waals surface area contributed by atoms with Crippen molar-refractivity contribution in [3.05, 3.63) is 53.1 Å². The minimum Gasteiger partial charge on any atom is -0.492 e. The van der Waals surface area contributed by atoms with Gasteiger partial charge in [-0.05, 0) is 50.6 Å². The van der Waals surface area contributed by atoms with Crippen LogP contribution in [0.15, 0.2) is 42.5 Å². The van der Waals surface area contributed by atoms with Crippen LogP contribution in [0.2, 0.25) is 5.02 Å². The van der Waals surface area contributed by atoms with E-state index in [0.29, 0.717) is 21.9 Å². The number of nitrogens with one attached hydrogen (secondary N) is 1. The van der Waals surface area contributed by atoms with Crippen LogP contribution in [0.4, 0.5) is 4.79 Å². The summed E-state index contributed by atoms with van der Waals surface area (Å²) in [6.45, 7) is 5.70. The second kappa shape index (κ2) is 8.77. The monoisotopic (exact) mass is 391 g/mol. The molecule has 0 atom stereocenters. The Hall–Kier alpha value is -2.73. The van der Waals surface area contributed by atoms with Crippen molar-refractivity contribution in [1.82, 2.24) is 5.32 Å². The number of ether oxygens (including phenoxy) is 2. The van der Waals surface area contributed by atoms with E-state index in [0.717, 1.165) is 0 Å². The van der Waals surface area contributed by atoms with E-state index >= 15 is 0 Å². The number of carbonyl (C=O) groups is 2. The molecule has 0 saturated carbocycles. The summed E-state index contributed by atoms with van der Waals surface area (Å²) in [6, 6.07) is 11.8. The fourth-order valence-electron chi connectivity index (χ4n) is 2.29. The average molecular weight is 392 g/mol. The van der Waals surface area contributed by atoms with Crippen molar-refractivity contribution >= 4 is 23.7 Å². The van der Waals surface area contributed by atoms with E-state index in [4.69, 9.17) is 21.1 Å². The van der Waals surface area contributed by atoms with Crippen LogP contribution < -0.4 is 10.1 Å². The van der Waals surface area contributed by atoms with Gasteiger partial charge in [-0.25, -0.2) is 9.59 Å². The lowest BCUT2D eigenvalue weighted by Gasteiger charge is -2.19. The summed E-state index contributed by atoms with van der Waals surface area (Å²) in [5.41, 5.74) is 0.849. The number of carboxylic acids is 1. The highest BCUT2D eigenvalue weighted by molar-refractivity contribution is 6.33. The first-order valence-corrected chi connectivity index (χ1v) is 8.76. The van der Waals surface area contributed by atoms with Crippen LogP contribution in [0.3, 0.4) is 0 Å². The molecule has 2 aromatic rings. The average Bonchev–Trinajstić information content (AvgIpc) is 2.57. The molecule has 0 fully saturated rings. The maximum Gasteiger partial charge on any atom is 0.407 e. The van der Waals surface area contributed by atoms with Gasteiger partial charge in [0.2, 0.25) is 0 Å². The number of alkyl carbamates (subject to hydrolysis) is 1. The fraction of sp³-hybridized carbons (Fsp3) is 0.300. The normalized spacial score (nSPS) is 11.0. The molecular weight excluding hydrogens is 370 g/mol. The number of halogens is 1. The minimum absolute atomic E-state index is 0.0857. The molecule has 0 saturated heterocycles. The van der Waals surface area contributed by atoms with E-state index in [2.05, 4.69) is 5.32 Å². The van der Waals surface area contributed by atoms with E-state index in [1.165, 1.54) is 12.1 Å². The van der Waals surface area contributed by atoms with Gasteiger partial charge >= 0.3 is 12.1 Å². The van der Waals surface area contributed by atoms with Gasteiger partial charge in [0.25, 0.3) is 0 Å². The summed E-state index contributed by atoms with van der Waals surface area (Å²) in [6.07, 6.45) is -0.540. The largest absolute Gasteiger partial charge is 0.492 e. The molecule has 0 aliphatic carbocycles. The maximum atomic E-state index is 11.6. The summed E-state index contributed by atoms with van der Waals surface area (Å²) in [4.78, 5) is 23.0. The van der Waals surface area contributed by atoms with E-state index in [9.17, 15) is 14.7 Å². The smallest absolute Gasteiger partial charge is 0.407 e. The predicted molar refractivity (Wildman–Crippen MR) is 104 cm³/mol. The van der Waals surface area contributed by atoms with Crippen LogP contribution in [0.1, 0.15) is 31.1 Å². The summed E-state index contributed by atoms with van der Waals surface area (Å²) >= 11 is 6.21. The molecule has 1 amide bonds. The number of benzene rings is 2. The molecule has 27 heavy (non-hydrogen) atoms. The molecule has 0 spiro atoms. The molecule has 0 aliphatic heterocycles. The van der Waals surface area contributed by atoms with Crippen molar-refractivity contribution in [2.45, 2.75) is 26.4 Å². The maximum absolute atomic E-state index is 11.6. The SMILES string of the molecule is CC(C)(C)OC(=O)NCCOc1cc(C(=O)O)cc(-c2ccccc2Cl)c1. The third kappa shape index (κ3) is 6.49. The molecule has 144 valence electrons. The first kappa shape index (κ1) is 20.6. The number of amides is 1. The van der Waals surface area contributed by atoms with Crippen molar-refractivity contribution in [3.63, 3.8) is 0 Å². The van der Waals surface area contributed by atoms with Gasteiger partial charge in [-0.15, -0.1) is 0 Å². The van der Waals surface area contributed by atoms with Gasteiger partial charge in [-0.1, -0.05) is 29.8 Å². The number of rotatable bonds is 6. The third-order valence-electron chi connectivity index (χ3n) is 3.38. The quantitative estimate of drug-likeness (QED) is 0.702. The summed E-state index contributed by atoms with van der Waals surface area (Å²) in [5.74, 6) is -0.698. The first-order chi connectivity index (χ1) is 12.7. The van der Waals surface area contributed by atoms with Gasteiger partial charge in [-0.2, -0.15) is 0 Å². The zero-order chi connectivity index (χ0) is 20.0. The van der Waals surface area contributed by atoms with Gasteiger partial charge in [0.15, 0.2) is 0 Å². The van der Waals surface area contributed by atoms with E-state index in [-0.39, 0.29) is 18.7 Å². The Morgan fingerprint density at radius 3 is 2.48 bits per heavy atom. The first-order valence-electron chi connectivity index (χ1n) is 8.38. The molecule has 0 bridgehead atoms. The predicted octanol–water partition coefficient (Wildman–Crippen LogP) is 4.61. The summed E-state index contributed by atoms with van der Waals surface area (Å²) < 4.78 is 10.7. The lowest BCUT2D eigenvalue weighted by molar-refractivity contribution is 0.0520. The van der Waals surface area contributed by atoms with Crippen molar-refractivity contribution in [2.24, 2.45) is 0 Å². The van der Waals surface area contributed by atoms with Gasteiger partial charge in [-0.3, -0.25) is 0 Å². The van der Waals surface area contributed by atoms with Crippen LogP contribution in [-0.2, 0) is 4.74 Å². The van der Waals surface area contributed by atoms with Crippen LogP contribution >= 0.6 is 11.6 Å². The highest BCUT2D eigenvalue weighted by Gasteiger charge is 2.16. The Bertz CT molecular complexity index is 829. The second-order valence-electron chi connectivity index (χ2n) is 6.81. The molecule has 2 N–H and O–H groups in total. The van der Waals surface area contributed by atoms with E-state index in [1.54, 1.807) is 45.0 Å². The van der Waals surface area contributed by atoms with Gasteiger partial charge in [0, 0.05) is 10.6 Å². The molecular formula is C20H22ClNO5. The number of aromatic carboxylic acids is 1. The highest BCUT2D eigenvalue weighted by atomic mass is 35.5. The Balaban J connectivity index is 2.07. The molecule has 0 unspecified atom stereocenters. The molecule has 0 aromatic heterocycles. The summed E-state index contributed by atoms with van der Waals surface area (Å²) in [7, 11) is 0. The van der Waals surface area contributed by atoms with Crippen molar-refractivity contribution in [1.29, 1.82) is 0 Å².